The monoisotopic (exact) mass is 360 g/mol. The van der Waals surface area contributed by atoms with E-state index in [9.17, 15) is 13.2 Å². The van der Waals surface area contributed by atoms with E-state index in [1.807, 2.05) is 32.0 Å². The number of carbonyl (C=O) groups is 1. The summed E-state index contributed by atoms with van der Waals surface area (Å²) in [5, 5.41) is 3.22. The molecule has 5 nitrogen and oxygen atoms in total. The van der Waals surface area contributed by atoms with Gasteiger partial charge in [-0.2, -0.15) is 12.8 Å². The average molecular weight is 360 g/mol. The van der Waals surface area contributed by atoms with Crippen LogP contribution in [0.4, 0.5) is 5.69 Å². The number of nitrogens with zero attached hydrogens (tertiary/aromatic N) is 1. The van der Waals surface area contributed by atoms with Gasteiger partial charge in [0.05, 0.1) is 10.6 Å². The summed E-state index contributed by atoms with van der Waals surface area (Å²) in [7, 11) is -3.64. The second-order valence-electron chi connectivity index (χ2n) is 5.45. The first-order valence-corrected chi connectivity index (χ1v) is 9.74. The third kappa shape index (κ3) is 3.22. The van der Waals surface area contributed by atoms with E-state index in [4.69, 9.17) is 0 Å². The third-order valence-corrected chi connectivity index (χ3v) is 6.26. The topological polar surface area (TPSA) is 75.6 Å². The van der Waals surface area contributed by atoms with Crippen molar-refractivity contribution in [1.82, 2.24) is 0 Å². The molecule has 0 unspecified atom stereocenters. The lowest BCUT2D eigenvalue weighted by Crippen LogP contribution is -2.16. The van der Waals surface area contributed by atoms with Gasteiger partial charge >= 0.3 is 0 Å². The number of anilines is 1. The molecular weight excluding hydrogens is 344 g/mol. The largest absolute Gasteiger partial charge is 0.325 e. The Hall–Kier alpha value is -2.12. The number of aryl methyl sites for hydroxylation is 1. The van der Waals surface area contributed by atoms with Gasteiger partial charge in [0.25, 0.3) is 10.0 Å². The van der Waals surface area contributed by atoms with Crippen molar-refractivity contribution in [2.75, 3.05) is 11.1 Å². The molecule has 1 heterocycles. The smallest absolute Gasteiger partial charge is 0.284 e. The van der Waals surface area contributed by atoms with Gasteiger partial charge in [0.15, 0.2) is 0 Å². The summed E-state index contributed by atoms with van der Waals surface area (Å²) in [6.45, 7) is 3.93. The summed E-state index contributed by atoms with van der Waals surface area (Å²) >= 11 is 1.13. The van der Waals surface area contributed by atoms with Crippen LogP contribution in [0.5, 0.6) is 0 Å². The van der Waals surface area contributed by atoms with Gasteiger partial charge in [-0.15, -0.1) is 0 Å². The number of rotatable bonds is 3. The molecule has 1 N–H and O–H groups in total. The molecule has 0 atom stereocenters. The summed E-state index contributed by atoms with van der Waals surface area (Å²) in [6.07, 6.45) is 0. The van der Waals surface area contributed by atoms with Gasteiger partial charge in [0.1, 0.15) is 5.04 Å². The first kappa shape index (κ1) is 16.7. The maximum absolute atomic E-state index is 12.2. The van der Waals surface area contributed by atoms with Crippen LogP contribution < -0.4 is 5.32 Å². The van der Waals surface area contributed by atoms with Crippen LogP contribution in [-0.2, 0) is 14.8 Å². The second kappa shape index (κ2) is 6.41. The first-order chi connectivity index (χ1) is 11.4. The van der Waals surface area contributed by atoms with Crippen molar-refractivity contribution in [3.8, 4) is 0 Å². The standard InChI is InChI=1S/C17H16N2O3S2/c1-11-6-5-8-14(12(11)2)18-16(20)10-23-17-13-7-3-4-9-15(13)24(21,22)19-17/h3-9H,10H2,1-2H3,(H,18,20). The lowest BCUT2D eigenvalue weighted by molar-refractivity contribution is -0.113. The van der Waals surface area contributed by atoms with E-state index in [-0.39, 0.29) is 16.6 Å². The van der Waals surface area contributed by atoms with Crippen LogP contribution in [-0.4, -0.2) is 25.1 Å². The fourth-order valence-electron chi connectivity index (χ4n) is 2.39. The fourth-order valence-corrected chi connectivity index (χ4v) is 4.74. The molecule has 124 valence electrons. The Kier molecular flexibility index (Phi) is 4.47. The van der Waals surface area contributed by atoms with Crippen molar-refractivity contribution < 1.29 is 13.2 Å². The van der Waals surface area contributed by atoms with Crippen LogP contribution in [0.3, 0.4) is 0 Å². The Morgan fingerprint density at radius 1 is 1.12 bits per heavy atom. The summed E-state index contributed by atoms with van der Waals surface area (Å²) < 4.78 is 27.7. The molecule has 2 aromatic carbocycles. The maximum Gasteiger partial charge on any atom is 0.284 e. The summed E-state index contributed by atoms with van der Waals surface area (Å²) in [5.74, 6) is -0.103. The number of hydrogen-bond acceptors (Lipinski definition) is 4. The minimum Gasteiger partial charge on any atom is -0.325 e. The number of hydrogen-bond donors (Lipinski definition) is 1. The zero-order valence-electron chi connectivity index (χ0n) is 13.2. The third-order valence-electron chi connectivity index (χ3n) is 3.82. The molecule has 0 spiro atoms. The molecule has 0 aliphatic carbocycles. The second-order valence-corrected chi connectivity index (χ2v) is 7.99. The molecule has 7 heteroatoms. The lowest BCUT2D eigenvalue weighted by Gasteiger charge is -2.10. The minimum atomic E-state index is -3.64. The van der Waals surface area contributed by atoms with E-state index in [1.54, 1.807) is 18.2 Å². The van der Waals surface area contributed by atoms with Gasteiger partial charge in [-0.05, 0) is 37.1 Å². The Balaban J connectivity index is 1.71. The Morgan fingerprint density at radius 2 is 1.88 bits per heavy atom. The molecule has 0 aromatic heterocycles. The number of nitrogens with one attached hydrogen (secondary N) is 1. The Labute approximate surface area is 145 Å². The Morgan fingerprint density at radius 3 is 2.67 bits per heavy atom. The summed E-state index contributed by atoms with van der Waals surface area (Å²) in [6, 6.07) is 12.4. The molecule has 2 aromatic rings. The number of fused-ring (bicyclic) bond motifs is 1. The van der Waals surface area contributed by atoms with E-state index in [0.29, 0.717) is 10.6 Å². The van der Waals surface area contributed by atoms with Crippen LogP contribution in [0.15, 0.2) is 51.8 Å². The van der Waals surface area contributed by atoms with Gasteiger partial charge in [-0.3, -0.25) is 4.79 Å². The number of amides is 1. The fraction of sp³-hybridized carbons (Fsp3) is 0.176. The minimum absolute atomic E-state index is 0.0933. The number of thioether (sulfide) groups is 1. The van der Waals surface area contributed by atoms with Gasteiger partial charge in [0.2, 0.25) is 5.91 Å². The van der Waals surface area contributed by atoms with Crippen molar-refractivity contribution in [3.05, 3.63) is 59.2 Å². The predicted molar refractivity (Wildman–Crippen MR) is 97.2 cm³/mol. The number of benzene rings is 2. The molecule has 0 saturated heterocycles. The van der Waals surface area contributed by atoms with Gasteiger partial charge in [-0.1, -0.05) is 42.1 Å². The molecule has 1 aliphatic heterocycles. The molecule has 1 aliphatic rings. The van der Waals surface area contributed by atoms with E-state index in [2.05, 4.69) is 9.71 Å². The molecule has 1 amide bonds. The first-order valence-electron chi connectivity index (χ1n) is 7.32. The summed E-state index contributed by atoms with van der Waals surface area (Å²) in [4.78, 5) is 12.4. The quantitative estimate of drug-likeness (QED) is 0.912. The molecular formula is C17H16N2O3S2. The summed E-state index contributed by atoms with van der Waals surface area (Å²) in [5.41, 5.74) is 3.44. The van der Waals surface area contributed by atoms with Gasteiger partial charge in [-0.25, -0.2) is 0 Å². The van der Waals surface area contributed by atoms with E-state index in [0.717, 1.165) is 28.6 Å². The average Bonchev–Trinajstić information content (AvgIpc) is 2.81. The highest BCUT2D eigenvalue weighted by Crippen LogP contribution is 2.30. The molecule has 0 bridgehead atoms. The maximum atomic E-state index is 12.2. The lowest BCUT2D eigenvalue weighted by atomic mass is 10.1. The Bertz CT molecular complexity index is 950. The van der Waals surface area contributed by atoms with Crippen LogP contribution in [0.1, 0.15) is 16.7 Å². The highest BCUT2D eigenvalue weighted by Gasteiger charge is 2.28. The van der Waals surface area contributed by atoms with Gasteiger partial charge < -0.3 is 5.32 Å². The van der Waals surface area contributed by atoms with Crippen molar-refractivity contribution >= 4 is 38.4 Å². The normalized spacial score (nSPS) is 14.8. The SMILES string of the molecule is Cc1cccc(NC(=O)CSC2=NS(=O)(=O)c3ccccc32)c1C. The van der Waals surface area contributed by atoms with Crippen molar-refractivity contribution in [2.24, 2.45) is 4.40 Å². The predicted octanol–water partition coefficient (Wildman–Crippen LogP) is 3.12. The van der Waals surface area contributed by atoms with E-state index >= 15 is 0 Å². The van der Waals surface area contributed by atoms with Gasteiger partial charge in [0, 0.05) is 11.3 Å². The molecule has 24 heavy (non-hydrogen) atoms. The highest BCUT2D eigenvalue weighted by atomic mass is 32.2. The highest BCUT2D eigenvalue weighted by molar-refractivity contribution is 8.16. The molecule has 0 fully saturated rings. The van der Waals surface area contributed by atoms with Crippen molar-refractivity contribution in [3.63, 3.8) is 0 Å². The van der Waals surface area contributed by atoms with Crippen LogP contribution >= 0.6 is 11.8 Å². The molecule has 0 saturated carbocycles. The van der Waals surface area contributed by atoms with Crippen molar-refractivity contribution in [1.29, 1.82) is 0 Å². The van der Waals surface area contributed by atoms with Crippen LogP contribution in [0.25, 0.3) is 0 Å². The van der Waals surface area contributed by atoms with Crippen LogP contribution in [0.2, 0.25) is 0 Å². The van der Waals surface area contributed by atoms with Crippen LogP contribution in [0, 0.1) is 13.8 Å². The number of carbonyl (C=O) groups excluding carboxylic acids is 1. The molecule has 0 radical (unpaired) electrons. The van der Waals surface area contributed by atoms with Crippen molar-refractivity contribution in [2.45, 2.75) is 18.7 Å². The number of sulfonamides is 1. The molecule has 3 rings (SSSR count). The van der Waals surface area contributed by atoms with E-state index < -0.39 is 10.0 Å². The van der Waals surface area contributed by atoms with E-state index in [1.165, 1.54) is 6.07 Å². The zero-order valence-corrected chi connectivity index (χ0v) is 14.9. The zero-order chi connectivity index (χ0) is 17.3.